The maximum atomic E-state index is 13.2. The average molecular weight is 473 g/mol. The third kappa shape index (κ3) is 6.19. The summed E-state index contributed by atoms with van der Waals surface area (Å²) in [6.07, 6.45) is -11.5. The molecule has 1 aliphatic rings. The average Bonchev–Trinajstić information content (AvgIpc) is 2.76. The van der Waals surface area contributed by atoms with E-state index >= 15 is 0 Å². The minimum absolute atomic E-state index is 0.0794. The lowest BCUT2D eigenvalue weighted by Gasteiger charge is -2.39. The fraction of sp³-hybridized carbons (Fsp3) is 0.455. The summed E-state index contributed by atoms with van der Waals surface area (Å²) in [6, 6.07) is 10.4. The van der Waals surface area contributed by atoms with E-state index in [0.29, 0.717) is 18.6 Å². The summed E-state index contributed by atoms with van der Waals surface area (Å²) in [6.45, 7) is 1.76. The molecule has 5 nitrogen and oxygen atoms in total. The van der Waals surface area contributed by atoms with Crippen molar-refractivity contribution in [2.24, 2.45) is 11.0 Å². The van der Waals surface area contributed by atoms with Gasteiger partial charge in [-0.15, -0.1) is 0 Å². The number of hydrogen-bond donors (Lipinski definition) is 0. The molecule has 0 bridgehead atoms. The number of azide groups is 1. The summed E-state index contributed by atoms with van der Waals surface area (Å²) in [5, 5.41) is 3.64. The lowest BCUT2D eigenvalue weighted by molar-refractivity contribution is -0.208. The van der Waals surface area contributed by atoms with Crippen molar-refractivity contribution in [3.8, 4) is 0 Å². The fourth-order valence-corrected chi connectivity index (χ4v) is 3.91. The maximum absolute atomic E-state index is 13.2. The zero-order valence-corrected chi connectivity index (χ0v) is 17.5. The molecule has 178 valence electrons. The highest BCUT2D eigenvalue weighted by Crippen LogP contribution is 2.41. The normalized spacial score (nSPS) is 22.5. The van der Waals surface area contributed by atoms with Crippen molar-refractivity contribution >= 4 is 0 Å². The molecule has 0 unspecified atom stereocenters. The zero-order valence-electron chi connectivity index (χ0n) is 17.5. The number of nitrogens with zero attached hydrogens (tertiary/aromatic N) is 3. The van der Waals surface area contributed by atoms with Crippen molar-refractivity contribution < 1.29 is 35.8 Å². The third-order valence-corrected chi connectivity index (χ3v) is 5.55. The van der Waals surface area contributed by atoms with Crippen LogP contribution in [-0.2, 0) is 21.8 Å². The highest BCUT2D eigenvalue weighted by Gasteiger charge is 2.39. The fourth-order valence-electron chi connectivity index (χ4n) is 3.91. The summed E-state index contributed by atoms with van der Waals surface area (Å²) in [5.74, 6) is -0.609. The third-order valence-electron chi connectivity index (χ3n) is 5.55. The van der Waals surface area contributed by atoms with E-state index in [1.54, 1.807) is 18.2 Å². The Kier molecular flexibility index (Phi) is 7.56. The van der Waals surface area contributed by atoms with Crippen molar-refractivity contribution in [1.29, 1.82) is 0 Å². The van der Waals surface area contributed by atoms with Gasteiger partial charge >= 0.3 is 12.4 Å². The Labute approximate surface area is 185 Å². The predicted molar refractivity (Wildman–Crippen MR) is 107 cm³/mol. The lowest BCUT2D eigenvalue weighted by Crippen LogP contribution is -2.38. The number of halogens is 6. The van der Waals surface area contributed by atoms with Crippen molar-refractivity contribution in [2.75, 3.05) is 13.2 Å². The topological polar surface area (TPSA) is 67.2 Å². The lowest BCUT2D eigenvalue weighted by atomic mass is 9.82. The molecule has 1 fully saturated rings. The van der Waals surface area contributed by atoms with E-state index in [0.717, 1.165) is 5.56 Å². The number of rotatable bonds is 6. The molecule has 2 aromatic carbocycles. The van der Waals surface area contributed by atoms with Crippen LogP contribution in [0, 0.1) is 5.92 Å². The summed E-state index contributed by atoms with van der Waals surface area (Å²) in [5.41, 5.74) is 6.42. The second-order valence-corrected chi connectivity index (χ2v) is 7.76. The standard InChI is InChI=1S/C22H21F6N3O2/c1-13(16-9-17(21(23,24)25)11-18(10-16)22(26,27)28)33-20-19(14-5-3-2-4-6-14)15(7-8-32-20)12-30-31-29/h2-6,9-11,13,15,19-20H,7-8,12H2,1H3/t13-,15-,19-,20-/m1/s1. The van der Waals surface area contributed by atoms with Crippen molar-refractivity contribution in [1.82, 2.24) is 0 Å². The second kappa shape index (κ2) is 10.0. The zero-order chi connectivity index (χ0) is 24.2. The van der Waals surface area contributed by atoms with E-state index < -0.39 is 41.8 Å². The van der Waals surface area contributed by atoms with Crippen LogP contribution in [0.25, 0.3) is 10.4 Å². The molecule has 1 heterocycles. The first-order valence-electron chi connectivity index (χ1n) is 10.1. The Hall–Kier alpha value is -2.75. The van der Waals surface area contributed by atoms with Gasteiger partial charge in [0.25, 0.3) is 0 Å². The quantitative estimate of drug-likeness (QED) is 0.192. The van der Waals surface area contributed by atoms with Gasteiger partial charge in [0, 0.05) is 17.4 Å². The Balaban J connectivity index is 1.94. The first kappa shape index (κ1) is 24.9. The molecule has 0 amide bonds. The number of hydrogen-bond acceptors (Lipinski definition) is 3. The molecule has 1 aliphatic heterocycles. The predicted octanol–water partition coefficient (Wildman–Crippen LogP) is 7.26. The number of alkyl halides is 6. The van der Waals surface area contributed by atoms with E-state index in [9.17, 15) is 26.3 Å². The van der Waals surface area contributed by atoms with Crippen LogP contribution in [0.3, 0.4) is 0 Å². The molecule has 0 aliphatic carbocycles. The van der Waals surface area contributed by atoms with Gasteiger partial charge in [-0.3, -0.25) is 0 Å². The van der Waals surface area contributed by atoms with Gasteiger partial charge in [-0.05, 0) is 54.1 Å². The van der Waals surface area contributed by atoms with Gasteiger partial charge in [-0.1, -0.05) is 35.4 Å². The van der Waals surface area contributed by atoms with Crippen LogP contribution < -0.4 is 0 Å². The molecule has 0 N–H and O–H groups in total. The molecule has 33 heavy (non-hydrogen) atoms. The molecule has 11 heteroatoms. The largest absolute Gasteiger partial charge is 0.416 e. The Morgan fingerprint density at radius 1 is 1.06 bits per heavy atom. The molecular weight excluding hydrogens is 452 g/mol. The molecule has 0 spiro atoms. The summed E-state index contributed by atoms with van der Waals surface area (Å²) < 4.78 is 91.1. The summed E-state index contributed by atoms with van der Waals surface area (Å²) in [4.78, 5) is 2.79. The van der Waals surface area contributed by atoms with Gasteiger partial charge < -0.3 is 9.47 Å². The van der Waals surface area contributed by atoms with Crippen LogP contribution in [0.1, 0.15) is 47.6 Å². The van der Waals surface area contributed by atoms with E-state index in [1.807, 2.05) is 12.1 Å². The minimum atomic E-state index is -4.95. The molecular formula is C22H21F6N3O2. The van der Waals surface area contributed by atoms with Gasteiger partial charge in [0.2, 0.25) is 0 Å². The molecule has 3 rings (SSSR count). The molecule has 4 atom stereocenters. The molecule has 0 saturated carbocycles. The highest BCUT2D eigenvalue weighted by atomic mass is 19.4. The van der Waals surface area contributed by atoms with Gasteiger partial charge in [0.1, 0.15) is 0 Å². The molecule has 0 aromatic heterocycles. The molecule has 0 radical (unpaired) electrons. The molecule has 1 saturated heterocycles. The van der Waals surface area contributed by atoms with Crippen LogP contribution in [0.2, 0.25) is 0 Å². The Morgan fingerprint density at radius 2 is 1.67 bits per heavy atom. The number of ether oxygens (including phenoxy) is 2. The van der Waals surface area contributed by atoms with Crippen LogP contribution in [0.15, 0.2) is 53.6 Å². The smallest absolute Gasteiger partial charge is 0.352 e. The number of benzene rings is 2. The van der Waals surface area contributed by atoms with Crippen LogP contribution in [-0.4, -0.2) is 19.4 Å². The van der Waals surface area contributed by atoms with E-state index in [1.165, 1.54) is 6.92 Å². The van der Waals surface area contributed by atoms with Crippen LogP contribution in [0.4, 0.5) is 26.3 Å². The first-order valence-corrected chi connectivity index (χ1v) is 10.1. The van der Waals surface area contributed by atoms with E-state index in [4.69, 9.17) is 15.0 Å². The monoisotopic (exact) mass is 473 g/mol. The van der Waals surface area contributed by atoms with Gasteiger partial charge in [-0.25, -0.2) is 0 Å². The van der Waals surface area contributed by atoms with Crippen molar-refractivity contribution in [3.05, 3.63) is 81.2 Å². The highest BCUT2D eigenvalue weighted by molar-refractivity contribution is 5.34. The van der Waals surface area contributed by atoms with Gasteiger partial charge in [0.05, 0.1) is 23.8 Å². The first-order chi connectivity index (χ1) is 15.5. The minimum Gasteiger partial charge on any atom is -0.352 e. The van der Waals surface area contributed by atoms with Crippen LogP contribution in [0.5, 0.6) is 0 Å². The van der Waals surface area contributed by atoms with Gasteiger partial charge in [-0.2, -0.15) is 26.3 Å². The SMILES string of the molecule is C[C@@H](O[C@H]1OCC[C@H](CN=[N+]=[N-])[C@H]1c1ccccc1)c1cc(C(F)(F)F)cc(C(F)(F)F)c1. The van der Waals surface area contributed by atoms with Crippen LogP contribution >= 0.6 is 0 Å². The second-order valence-electron chi connectivity index (χ2n) is 7.76. The van der Waals surface area contributed by atoms with Crippen molar-refractivity contribution in [3.63, 3.8) is 0 Å². The van der Waals surface area contributed by atoms with E-state index in [-0.39, 0.29) is 30.7 Å². The maximum Gasteiger partial charge on any atom is 0.416 e. The Bertz CT molecular complexity index is 958. The van der Waals surface area contributed by atoms with E-state index in [2.05, 4.69) is 10.0 Å². The summed E-state index contributed by atoms with van der Waals surface area (Å²) in [7, 11) is 0. The Morgan fingerprint density at radius 3 is 2.21 bits per heavy atom. The summed E-state index contributed by atoms with van der Waals surface area (Å²) >= 11 is 0. The van der Waals surface area contributed by atoms with Gasteiger partial charge in [0.15, 0.2) is 6.29 Å². The molecule has 2 aromatic rings. The van der Waals surface area contributed by atoms with Crippen molar-refractivity contribution in [2.45, 2.75) is 44.0 Å².